The number of aromatic nitrogens is 4. The molecule has 0 unspecified atom stereocenters. The first kappa shape index (κ1) is 21.3. The molecule has 4 aromatic rings. The molecule has 6 nitrogen and oxygen atoms in total. The second-order valence-electron chi connectivity index (χ2n) is 8.40. The predicted molar refractivity (Wildman–Crippen MR) is 128 cm³/mol. The highest BCUT2D eigenvalue weighted by Gasteiger charge is 2.23. The fraction of sp³-hybridized carbons (Fsp3) is 0.269. The lowest BCUT2D eigenvalue weighted by Crippen LogP contribution is -2.46. The van der Waals surface area contributed by atoms with Crippen LogP contribution in [0.15, 0.2) is 67.0 Å². The maximum absolute atomic E-state index is 13.4. The number of hydrogen-bond donors (Lipinski definition) is 0. The third kappa shape index (κ3) is 4.36. The molecular weight excluding hydrogens is 415 g/mol. The lowest BCUT2D eigenvalue weighted by molar-refractivity contribution is 0.248. The van der Waals surface area contributed by atoms with Crippen LogP contribution in [0, 0.1) is 19.7 Å². The van der Waals surface area contributed by atoms with E-state index < -0.39 is 0 Å². The van der Waals surface area contributed by atoms with Crippen molar-refractivity contribution < 1.29 is 4.39 Å². The van der Waals surface area contributed by atoms with E-state index in [1.54, 1.807) is 24.5 Å². The zero-order chi connectivity index (χ0) is 22.8. The van der Waals surface area contributed by atoms with E-state index in [1.807, 2.05) is 22.9 Å². The number of rotatable bonds is 5. The highest BCUT2D eigenvalue weighted by Crippen LogP contribution is 2.28. The number of anilines is 1. The zero-order valence-corrected chi connectivity index (χ0v) is 18.9. The Balaban J connectivity index is 1.30. The van der Waals surface area contributed by atoms with E-state index in [9.17, 15) is 4.39 Å². The van der Waals surface area contributed by atoms with Crippen molar-refractivity contribution in [2.24, 2.45) is 0 Å². The van der Waals surface area contributed by atoms with Crippen molar-refractivity contribution in [3.05, 3.63) is 89.8 Å². The molecule has 0 spiro atoms. The molecule has 0 amide bonds. The summed E-state index contributed by atoms with van der Waals surface area (Å²) in [5.41, 5.74) is 6.31. The Bertz CT molecular complexity index is 1230. The molecule has 3 heterocycles. The average molecular weight is 443 g/mol. The number of hydrogen-bond acceptors (Lipinski definition) is 5. The van der Waals surface area contributed by atoms with Crippen LogP contribution in [-0.2, 0) is 6.54 Å². The maximum Gasteiger partial charge on any atom is 0.155 e. The molecular formula is C26H27FN6. The van der Waals surface area contributed by atoms with Crippen molar-refractivity contribution in [2.75, 3.05) is 31.1 Å². The van der Waals surface area contributed by atoms with Crippen molar-refractivity contribution >= 4 is 5.82 Å². The van der Waals surface area contributed by atoms with Crippen molar-refractivity contribution in [3.63, 3.8) is 0 Å². The van der Waals surface area contributed by atoms with Gasteiger partial charge in [0.1, 0.15) is 11.5 Å². The first-order valence-corrected chi connectivity index (χ1v) is 11.2. The molecule has 33 heavy (non-hydrogen) atoms. The molecule has 0 bridgehead atoms. The molecule has 0 saturated carbocycles. The molecule has 1 aliphatic rings. The summed E-state index contributed by atoms with van der Waals surface area (Å²) in [7, 11) is 0. The van der Waals surface area contributed by atoms with Crippen molar-refractivity contribution in [1.82, 2.24) is 24.6 Å². The molecule has 1 aliphatic heterocycles. The largest absolute Gasteiger partial charge is 0.352 e. The van der Waals surface area contributed by atoms with Crippen molar-refractivity contribution in [3.8, 4) is 16.9 Å². The number of aryl methyl sites for hydroxylation is 1. The van der Waals surface area contributed by atoms with Crippen LogP contribution < -0.4 is 4.90 Å². The normalized spacial score (nSPS) is 14.6. The number of para-hydroxylation sites is 1. The van der Waals surface area contributed by atoms with Gasteiger partial charge in [-0.05, 0) is 50.2 Å². The Labute approximate surface area is 193 Å². The van der Waals surface area contributed by atoms with Crippen molar-refractivity contribution in [2.45, 2.75) is 20.4 Å². The molecule has 0 N–H and O–H groups in total. The maximum atomic E-state index is 13.4. The van der Waals surface area contributed by atoms with Crippen LogP contribution in [0.2, 0.25) is 0 Å². The van der Waals surface area contributed by atoms with E-state index >= 15 is 0 Å². The lowest BCUT2D eigenvalue weighted by Gasteiger charge is -2.36. The molecule has 7 heteroatoms. The SMILES string of the molecule is Cc1nn(-c2ccccc2)c(C)c1CN1CCN(c2nccnc2-c2ccc(F)cc2)CC1. The summed E-state index contributed by atoms with van der Waals surface area (Å²) in [5.74, 6) is 0.604. The third-order valence-corrected chi connectivity index (χ3v) is 6.29. The lowest BCUT2D eigenvalue weighted by atomic mass is 10.1. The highest BCUT2D eigenvalue weighted by atomic mass is 19.1. The average Bonchev–Trinajstić information content (AvgIpc) is 3.14. The Morgan fingerprint density at radius 2 is 1.55 bits per heavy atom. The second-order valence-corrected chi connectivity index (χ2v) is 8.40. The quantitative estimate of drug-likeness (QED) is 0.458. The van der Waals surface area contributed by atoms with E-state index in [2.05, 4.69) is 45.7 Å². The first-order valence-electron chi connectivity index (χ1n) is 11.2. The monoisotopic (exact) mass is 442 g/mol. The topological polar surface area (TPSA) is 50.1 Å². The van der Waals surface area contributed by atoms with Gasteiger partial charge >= 0.3 is 0 Å². The third-order valence-electron chi connectivity index (χ3n) is 6.29. The summed E-state index contributed by atoms with van der Waals surface area (Å²) >= 11 is 0. The number of halogens is 1. The summed E-state index contributed by atoms with van der Waals surface area (Å²) in [4.78, 5) is 13.9. The Kier molecular flexibility index (Phi) is 5.88. The Morgan fingerprint density at radius 3 is 2.27 bits per heavy atom. The number of nitrogens with zero attached hydrogens (tertiary/aromatic N) is 6. The van der Waals surface area contributed by atoms with E-state index in [4.69, 9.17) is 5.10 Å². The van der Waals surface area contributed by atoms with Gasteiger partial charge in [-0.25, -0.2) is 14.1 Å². The van der Waals surface area contributed by atoms with Gasteiger partial charge in [0, 0.05) is 61.9 Å². The summed E-state index contributed by atoms with van der Waals surface area (Å²) in [6, 6.07) is 16.7. The van der Waals surface area contributed by atoms with Gasteiger partial charge in [-0.3, -0.25) is 9.88 Å². The van der Waals surface area contributed by atoms with Gasteiger partial charge in [0.2, 0.25) is 0 Å². The van der Waals surface area contributed by atoms with Crippen LogP contribution in [0.3, 0.4) is 0 Å². The smallest absolute Gasteiger partial charge is 0.155 e. The molecule has 2 aromatic heterocycles. The van der Waals surface area contributed by atoms with Crippen LogP contribution in [0.1, 0.15) is 17.0 Å². The van der Waals surface area contributed by atoms with E-state index in [0.717, 1.165) is 61.2 Å². The molecule has 0 atom stereocenters. The summed E-state index contributed by atoms with van der Waals surface area (Å²) in [5, 5.41) is 4.79. The number of piperazine rings is 1. The predicted octanol–water partition coefficient (Wildman–Crippen LogP) is 4.41. The minimum Gasteiger partial charge on any atom is -0.352 e. The molecule has 5 rings (SSSR count). The molecule has 168 valence electrons. The van der Waals surface area contributed by atoms with Crippen molar-refractivity contribution in [1.29, 1.82) is 0 Å². The van der Waals surface area contributed by atoms with Gasteiger partial charge < -0.3 is 4.90 Å². The van der Waals surface area contributed by atoms with Gasteiger partial charge in [0.25, 0.3) is 0 Å². The van der Waals surface area contributed by atoms with Crippen LogP contribution in [0.25, 0.3) is 16.9 Å². The van der Waals surface area contributed by atoms with Gasteiger partial charge in [-0.15, -0.1) is 0 Å². The Morgan fingerprint density at radius 1 is 0.848 bits per heavy atom. The van der Waals surface area contributed by atoms with Crippen LogP contribution in [0.5, 0.6) is 0 Å². The fourth-order valence-electron chi connectivity index (χ4n) is 4.44. The van der Waals surface area contributed by atoms with Crippen LogP contribution >= 0.6 is 0 Å². The van der Waals surface area contributed by atoms with Gasteiger partial charge in [-0.2, -0.15) is 5.10 Å². The minimum absolute atomic E-state index is 0.251. The minimum atomic E-state index is -0.251. The molecule has 0 aliphatic carbocycles. The first-order chi connectivity index (χ1) is 16.1. The molecule has 1 fully saturated rings. The molecule has 1 saturated heterocycles. The standard InChI is InChI=1S/C26H27FN6/c1-19-24(20(2)33(30-19)23-6-4-3-5-7-23)18-31-14-16-32(17-15-31)26-25(28-12-13-29-26)21-8-10-22(27)11-9-21/h3-13H,14-18H2,1-2H3. The summed E-state index contributed by atoms with van der Waals surface area (Å²) < 4.78 is 15.4. The van der Waals surface area contributed by atoms with Crippen LogP contribution in [-0.4, -0.2) is 50.8 Å². The molecule has 2 aromatic carbocycles. The summed E-state index contributed by atoms with van der Waals surface area (Å²) in [6.45, 7) is 8.68. The van der Waals surface area contributed by atoms with E-state index in [0.29, 0.717) is 0 Å². The van der Waals surface area contributed by atoms with E-state index in [-0.39, 0.29) is 5.82 Å². The van der Waals surface area contributed by atoms with Gasteiger partial charge in [0.15, 0.2) is 5.82 Å². The fourth-order valence-corrected chi connectivity index (χ4v) is 4.44. The highest BCUT2D eigenvalue weighted by molar-refractivity contribution is 5.72. The Hall–Kier alpha value is -3.58. The zero-order valence-electron chi connectivity index (χ0n) is 18.9. The van der Waals surface area contributed by atoms with Gasteiger partial charge in [-0.1, -0.05) is 18.2 Å². The number of benzene rings is 2. The van der Waals surface area contributed by atoms with Gasteiger partial charge in [0.05, 0.1) is 11.4 Å². The second kappa shape index (κ2) is 9.11. The van der Waals surface area contributed by atoms with Crippen LogP contribution in [0.4, 0.5) is 10.2 Å². The summed E-state index contributed by atoms with van der Waals surface area (Å²) in [6.07, 6.45) is 3.41. The molecule has 0 radical (unpaired) electrons. The van der Waals surface area contributed by atoms with E-state index in [1.165, 1.54) is 23.4 Å².